The molecule has 0 bridgehead atoms. The Hall–Kier alpha value is -0.470. The summed E-state index contributed by atoms with van der Waals surface area (Å²) in [5.41, 5.74) is 6.83. The van der Waals surface area contributed by atoms with Crippen LogP contribution in [0.4, 0.5) is 0 Å². The molecule has 0 fully saturated rings. The summed E-state index contributed by atoms with van der Waals surface area (Å²) < 4.78 is 0. The van der Waals surface area contributed by atoms with Gasteiger partial charge in [0.05, 0.1) is 0 Å². The molecule has 2 heteroatoms. The van der Waals surface area contributed by atoms with Crippen LogP contribution >= 0.6 is 11.8 Å². The van der Waals surface area contributed by atoms with Gasteiger partial charge in [-0.15, -0.1) is 11.8 Å². The summed E-state index contributed by atoms with van der Waals surface area (Å²) in [6.45, 7) is 5.17. The Bertz CT molecular complexity index is 241. The summed E-state index contributed by atoms with van der Waals surface area (Å²) in [5, 5.41) is 0. The van der Waals surface area contributed by atoms with Crippen LogP contribution in [-0.2, 0) is 0 Å². The van der Waals surface area contributed by atoms with E-state index in [1.54, 1.807) is 0 Å². The molecule has 0 heterocycles. The summed E-state index contributed by atoms with van der Waals surface area (Å²) in [5.74, 6) is 1.62. The van der Waals surface area contributed by atoms with Crippen molar-refractivity contribution in [3.63, 3.8) is 0 Å². The number of nitrogens with two attached hydrogens (primary N) is 1. The molecule has 0 saturated carbocycles. The van der Waals surface area contributed by atoms with Crippen LogP contribution in [0, 0.1) is 0 Å². The molecule has 0 unspecified atom stereocenters. The number of rotatable bonds is 4. The van der Waals surface area contributed by atoms with Crippen LogP contribution in [0.2, 0.25) is 0 Å². The first-order valence-corrected chi connectivity index (χ1v) is 5.65. The second-order valence-corrected chi connectivity index (χ2v) is 4.53. The van der Waals surface area contributed by atoms with E-state index >= 15 is 0 Å². The molecule has 0 aromatic heterocycles. The number of hydrogen-bond donors (Lipinski definition) is 1. The highest BCUT2D eigenvalue weighted by atomic mass is 32.2. The van der Waals surface area contributed by atoms with Crippen LogP contribution in [0.25, 0.3) is 0 Å². The second kappa shape index (κ2) is 5.30. The van der Waals surface area contributed by atoms with Gasteiger partial charge in [-0.3, -0.25) is 0 Å². The minimum atomic E-state index is 0.619. The molecule has 0 aliphatic rings. The van der Waals surface area contributed by atoms with Crippen LogP contribution in [0.5, 0.6) is 0 Å². The maximum Gasteiger partial charge on any atom is 0.0103 e. The van der Waals surface area contributed by atoms with E-state index in [0.29, 0.717) is 5.92 Å². The third-order valence-corrected chi connectivity index (χ3v) is 2.98. The predicted molar refractivity (Wildman–Crippen MR) is 60.3 cm³/mol. The molecule has 0 saturated heterocycles. The topological polar surface area (TPSA) is 26.0 Å². The van der Waals surface area contributed by atoms with Gasteiger partial charge in [0, 0.05) is 17.2 Å². The van der Waals surface area contributed by atoms with Crippen molar-refractivity contribution in [2.24, 2.45) is 5.73 Å². The lowest BCUT2D eigenvalue weighted by atomic mass is 10.0. The second-order valence-electron chi connectivity index (χ2n) is 3.36. The average Bonchev–Trinajstić information content (AvgIpc) is 2.15. The van der Waals surface area contributed by atoms with Gasteiger partial charge < -0.3 is 5.73 Å². The first-order valence-electron chi connectivity index (χ1n) is 4.67. The lowest BCUT2D eigenvalue weighted by molar-refractivity contribution is 0.865. The van der Waals surface area contributed by atoms with E-state index in [1.807, 2.05) is 11.8 Å². The normalized spacial score (nSPS) is 10.8. The summed E-state index contributed by atoms with van der Waals surface area (Å²) in [6.07, 6.45) is 0. The average molecular weight is 195 g/mol. The molecule has 0 atom stereocenters. The maximum atomic E-state index is 5.43. The van der Waals surface area contributed by atoms with Crippen molar-refractivity contribution >= 4 is 11.8 Å². The van der Waals surface area contributed by atoms with Gasteiger partial charge in [0.25, 0.3) is 0 Å². The van der Waals surface area contributed by atoms with E-state index in [2.05, 4.69) is 38.1 Å². The van der Waals surface area contributed by atoms with Gasteiger partial charge in [-0.25, -0.2) is 0 Å². The Morgan fingerprint density at radius 2 is 1.85 bits per heavy atom. The van der Waals surface area contributed by atoms with Crippen molar-refractivity contribution in [1.29, 1.82) is 0 Å². The minimum Gasteiger partial charge on any atom is -0.330 e. The lowest BCUT2D eigenvalue weighted by Crippen LogP contribution is -2.00. The van der Waals surface area contributed by atoms with Gasteiger partial charge in [0.15, 0.2) is 0 Å². The van der Waals surface area contributed by atoms with Gasteiger partial charge in [0.1, 0.15) is 0 Å². The SMILES string of the molecule is CC(C)c1ccc(SCCN)cc1. The van der Waals surface area contributed by atoms with Crippen molar-refractivity contribution in [1.82, 2.24) is 0 Å². The summed E-state index contributed by atoms with van der Waals surface area (Å²) >= 11 is 1.82. The molecular formula is C11H17NS. The Kier molecular flexibility index (Phi) is 4.33. The quantitative estimate of drug-likeness (QED) is 0.748. The van der Waals surface area contributed by atoms with E-state index < -0.39 is 0 Å². The fraction of sp³-hybridized carbons (Fsp3) is 0.455. The molecule has 0 radical (unpaired) electrons. The number of thioether (sulfide) groups is 1. The lowest BCUT2D eigenvalue weighted by Gasteiger charge is -2.05. The number of hydrogen-bond acceptors (Lipinski definition) is 2. The standard InChI is InChI=1S/C11H17NS/c1-9(2)10-3-5-11(6-4-10)13-8-7-12/h3-6,9H,7-8,12H2,1-2H3. The number of benzene rings is 1. The molecule has 2 N–H and O–H groups in total. The fourth-order valence-corrected chi connectivity index (χ4v) is 1.81. The molecule has 0 amide bonds. The summed E-state index contributed by atoms with van der Waals surface area (Å²) in [7, 11) is 0. The van der Waals surface area contributed by atoms with Gasteiger partial charge in [0.2, 0.25) is 0 Å². The zero-order valence-corrected chi connectivity index (χ0v) is 9.10. The molecule has 0 spiro atoms. The van der Waals surface area contributed by atoms with Gasteiger partial charge in [-0.2, -0.15) is 0 Å². The zero-order valence-electron chi connectivity index (χ0n) is 8.29. The summed E-state index contributed by atoms with van der Waals surface area (Å²) in [4.78, 5) is 1.31. The Morgan fingerprint density at radius 3 is 2.31 bits per heavy atom. The highest BCUT2D eigenvalue weighted by Crippen LogP contribution is 2.21. The van der Waals surface area contributed by atoms with Crippen molar-refractivity contribution < 1.29 is 0 Å². The van der Waals surface area contributed by atoms with E-state index in [9.17, 15) is 0 Å². The van der Waals surface area contributed by atoms with E-state index in [-0.39, 0.29) is 0 Å². The molecular weight excluding hydrogens is 178 g/mol. The molecule has 1 aromatic carbocycles. The van der Waals surface area contributed by atoms with Crippen LogP contribution in [0.15, 0.2) is 29.2 Å². The van der Waals surface area contributed by atoms with E-state index in [0.717, 1.165) is 12.3 Å². The molecule has 1 rings (SSSR count). The van der Waals surface area contributed by atoms with Gasteiger partial charge in [-0.05, 0) is 23.6 Å². The van der Waals surface area contributed by atoms with Crippen molar-refractivity contribution in [2.75, 3.05) is 12.3 Å². The predicted octanol–water partition coefficient (Wildman–Crippen LogP) is 2.86. The highest BCUT2D eigenvalue weighted by molar-refractivity contribution is 7.99. The Morgan fingerprint density at radius 1 is 1.23 bits per heavy atom. The van der Waals surface area contributed by atoms with E-state index in [4.69, 9.17) is 5.73 Å². The Labute approximate surface area is 84.7 Å². The van der Waals surface area contributed by atoms with Crippen LogP contribution in [0.1, 0.15) is 25.3 Å². The van der Waals surface area contributed by atoms with Crippen molar-refractivity contribution in [3.05, 3.63) is 29.8 Å². The fourth-order valence-electron chi connectivity index (χ4n) is 1.13. The van der Waals surface area contributed by atoms with Gasteiger partial charge in [-0.1, -0.05) is 26.0 Å². The third-order valence-electron chi connectivity index (χ3n) is 1.93. The molecule has 72 valence electrons. The molecule has 0 aliphatic heterocycles. The Balaban J connectivity index is 2.59. The molecule has 0 aliphatic carbocycles. The zero-order chi connectivity index (χ0) is 9.68. The van der Waals surface area contributed by atoms with Gasteiger partial charge >= 0.3 is 0 Å². The van der Waals surface area contributed by atoms with Crippen LogP contribution in [-0.4, -0.2) is 12.3 Å². The smallest absolute Gasteiger partial charge is 0.0103 e. The molecule has 1 nitrogen and oxygen atoms in total. The van der Waals surface area contributed by atoms with Crippen molar-refractivity contribution in [2.45, 2.75) is 24.7 Å². The molecule has 1 aromatic rings. The monoisotopic (exact) mass is 195 g/mol. The largest absolute Gasteiger partial charge is 0.330 e. The van der Waals surface area contributed by atoms with Crippen LogP contribution < -0.4 is 5.73 Å². The van der Waals surface area contributed by atoms with Crippen molar-refractivity contribution in [3.8, 4) is 0 Å². The highest BCUT2D eigenvalue weighted by Gasteiger charge is 1.98. The maximum absolute atomic E-state index is 5.43. The first-order chi connectivity index (χ1) is 6.24. The first kappa shape index (κ1) is 10.6. The van der Waals surface area contributed by atoms with Crippen LogP contribution in [0.3, 0.4) is 0 Å². The third kappa shape index (κ3) is 3.41. The molecule has 13 heavy (non-hydrogen) atoms. The summed E-state index contributed by atoms with van der Waals surface area (Å²) in [6, 6.07) is 8.75. The van der Waals surface area contributed by atoms with E-state index in [1.165, 1.54) is 10.5 Å². The minimum absolute atomic E-state index is 0.619.